The van der Waals surface area contributed by atoms with Gasteiger partial charge in [-0.2, -0.15) is 0 Å². The highest BCUT2D eigenvalue weighted by atomic mass is 16.7. The van der Waals surface area contributed by atoms with Crippen molar-refractivity contribution in [2.24, 2.45) is 11.8 Å². The van der Waals surface area contributed by atoms with E-state index in [1.165, 1.54) is 0 Å². The Morgan fingerprint density at radius 1 is 1.38 bits per heavy atom. The fourth-order valence-electron chi connectivity index (χ4n) is 3.22. The van der Waals surface area contributed by atoms with Crippen molar-refractivity contribution in [1.29, 1.82) is 0 Å². The third kappa shape index (κ3) is 1.26. The van der Waals surface area contributed by atoms with Crippen molar-refractivity contribution in [1.82, 2.24) is 4.90 Å². The van der Waals surface area contributed by atoms with Gasteiger partial charge in [-0.05, 0) is 12.3 Å². The van der Waals surface area contributed by atoms with Gasteiger partial charge < -0.3 is 14.4 Å². The van der Waals surface area contributed by atoms with Gasteiger partial charge in [0, 0.05) is 32.3 Å². The number of carbonyl (C=O) groups is 1. The molecule has 1 heterocycles. The summed E-state index contributed by atoms with van der Waals surface area (Å²) in [6.07, 6.45) is 3.70. The molecule has 4 heteroatoms. The van der Waals surface area contributed by atoms with Crippen LogP contribution in [-0.4, -0.2) is 43.8 Å². The fourth-order valence-corrected chi connectivity index (χ4v) is 3.22. The average Bonchev–Trinajstić information content (AvgIpc) is 2.87. The van der Waals surface area contributed by atoms with E-state index in [0.29, 0.717) is 19.1 Å². The van der Waals surface area contributed by atoms with E-state index in [2.05, 4.69) is 0 Å². The van der Waals surface area contributed by atoms with Crippen LogP contribution in [0.2, 0.25) is 0 Å². The van der Waals surface area contributed by atoms with Crippen molar-refractivity contribution in [2.75, 3.05) is 27.3 Å². The second-order valence-electron chi connectivity index (χ2n) is 5.11. The second kappa shape index (κ2) is 3.31. The van der Waals surface area contributed by atoms with Gasteiger partial charge in [-0.1, -0.05) is 0 Å². The molecule has 88 valence electrons. The molecule has 16 heavy (non-hydrogen) atoms. The normalized spacial score (nSPS) is 37.9. The standard InChI is InChI=1S/C12H17NO3/c1-13(2)7-9-8-5-10(11(9)14)12(6-8)15-3-4-16-12/h7-8,10H,3-6H2,1-2H3/b9-7+/t8-,10+/m1/s1. The molecule has 2 aliphatic carbocycles. The zero-order valence-corrected chi connectivity index (χ0v) is 9.73. The van der Waals surface area contributed by atoms with E-state index in [0.717, 1.165) is 18.4 Å². The predicted molar refractivity (Wildman–Crippen MR) is 57.6 cm³/mol. The Morgan fingerprint density at radius 3 is 2.62 bits per heavy atom. The lowest BCUT2D eigenvalue weighted by Crippen LogP contribution is -2.41. The summed E-state index contributed by atoms with van der Waals surface area (Å²) in [5, 5.41) is 0. The molecular formula is C12H17NO3. The van der Waals surface area contributed by atoms with E-state index in [9.17, 15) is 4.79 Å². The molecule has 2 atom stereocenters. The van der Waals surface area contributed by atoms with Gasteiger partial charge in [-0.3, -0.25) is 4.79 Å². The van der Waals surface area contributed by atoms with E-state index in [1.54, 1.807) is 0 Å². The van der Waals surface area contributed by atoms with Crippen LogP contribution in [0.25, 0.3) is 0 Å². The van der Waals surface area contributed by atoms with Crippen LogP contribution in [0.4, 0.5) is 0 Å². The van der Waals surface area contributed by atoms with E-state index in [1.807, 2.05) is 25.2 Å². The first-order valence-corrected chi connectivity index (χ1v) is 5.83. The van der Waals surface area contributed by atoms with Crippen LogP contribution >= 0.6 is 0 Å². The molecule has 3 rings (SSSR count). The summed E-state index contributed by atoms with van der Waals surface area (Å²) < 4.78 is 11.4. The first-order chi connectivity index (χ1) is 7.62. The van der Waals surface area contributed by atoms with Gasteiger partial charge in [0.25, 0.3) is 0 Å². The topological polar surface area (TPSA) is 38.8 Å². The van der Waals surface area contributed by atoms with Crippen molar-refractivity contribution < 1.29 is 14.3 Å². The SMILES string of the molecule is CN(C)/C=C1/C(=O)[C@@H]2C[C@@H]1CC21OCCO1. The van der Waals surface area contributed by atoms with E-state index < -0.39 is 5.79 Å². The minimum Gasteiger partial charge on any atom is -0.383 e. The molecule has 3 fully saturated rings. The van der Waals surface area contributed by atoms with Gasteiger partial charge in [0.15, 0.2) is 11.6 Å². The van der Waals surface area contributed by atoms with Crippen LogP contribution in [0, 0.1) is 11.8 Å². The summed E-state index contributed by atoms with van der Waals surface area (Å²) in [5.41, 5.74) is 0.958. The third-order valence-electron chi connectivity index (χ3n) is 3.80. The van der Waals surface area contributed by atoms with Gasteiger partial charge in [0.05, 0.1) is 19.1 Å². The second-order valence-corrected chi connectivity index (χ2v) is 5.11. The van der Waals surface area contributed by atoms with Gasteiger partial charge in [0.2, 0.25) is 0 Å². The monoisotopic (exact) mass is 223 g/mol. The number of nitrogens with zero attached hydrogens (tertiary/aromatic N) is 1. The summed E-state index contributed by atoms with van der Waals surface area (Å²) in [6, 6.07) is 0. The summed E-state index contributed by atoms with van der Waals surface area (Å²) in [4.78, 5) is 14.2. The minimum absolute atomic E-state index is 0.0637. The molecule has 0 amide bonds. The van der Waals surface area contributed by atoms with E-state index in [4.69, 9.17) is 9.47 Å². The number of hydrogen-bond acceptors (Lipinski definition) is 4. The highest BCUT2D eigenvalue weighted by Gasteiger charge is 2.61. The maximum absolute atomic E-state index is 12.2. The number of hydrogen-bond donors (Lipinski definition) is 0. The largest absolute Gasteiger partial charge is 0.383 e. The fraction of sp³-hybridized carbons (Fsp3) is 0.750. The number of allylic oxidation sites excluding steroid dienone is 1. The van der Waals surface area contributed by atoms with Crippen molar-refractivity contribution in [3.63, 3.8) is 0 Å². The molecule has 0 aromatic carbocycles. The number of ether oxygens (including phenoxy) is 2. The Balaban J connectivity index is 1.88. The first kappa shape index (κ1) is 10.3. The van der Waals surface area contributed by atoms with E-state index in [-0.39, 0.29) is 11.7 Å². The molecule has 2 saturated carbocycles. The lowest BCUT2D eigenvalue weighted by Gasteiger charge is -2.31. The Kier molecular flexibility index (Phi) is 2.13. The smallest absolute Gasteiger partial charge is 0.179 e. The number of Topliss-reactive ketones (excluding diaryl/α,β-unsaturated/α-hetero) is 1. The number of ketones is 1. The average molecular weight is 223 g/mol. The summed E-state index contributed by atoms with van der Waals surface area (Å²) in [7, 11) is 3.90. The molecule has 4 nitrogen and oxygen atoms in total. The summed E-state index contributed by atoms with van der Waals surface area (Å²) in [6.45, 7) is 1.26. The Labute approximate surface area is 95.2 Å². The molecule has 3 aliphatic rings. The van der Waals surface area contributed by atoms with Crippen LogP contribution in [-0.2, 0) is 14.3 Å². The molecule has 1 aliphatic heterocycles. The van der Waals surface area contributed by atoms with Gasteiger partial charge in [0.1, 0.15) is 0 Å². The molecular weight excluding hydrogens is 206 g/mol. The zero-order valence-electron chi connectivity index (χ0n) is 9.73. The quantitative estimate of drug-likeness (QED) is 0.616. The Hall–Kier alpha value is -0.870. The Morgan fingerprint density at radius 2 is 2.06 bits per heavy atom. The van der Waals surface area contributed by atoms with Crippen molar-refractivity contribution >= 4 is 5.78 Å². The lowest BCUT2D eigenvalue weighted by molar-refractivity contribution is -0.188. The molecule has 0 unspecified atom stereocenters. The molecule has 0 N–H and O–H groups in total. The third-order valence-corrected chi connectivity index (χ3v) is 3.80. The molecule has 2 bridgehead atoms. The van der Waals surface area contributed by atoms with Crippen molar-refractivity contribution in [2.45, 2.75) is 18.6 Å². The molecule has 0 aromatic rings. The van der Waals surface area contributed by atoms with Gasteiger partial charge >= 0.3 is 0 Å². The number of rotatable bonds is 1. The molecule has 0 aromatic heterocycles. The molecule has 0 radical (unpaired) electrons. The zero-order chi connectivity index (χ0) is 11.3. The van der Waals surface area contributed by atoms with Crippen LogP contribution in [0.5, 0.6) is 0 Å². The number of carbonyl (C=O) groups excluding carboxylic acids is 1. The van der Waals surface area contributed by atoms with Crippen LogP contribution in [0.1, 0.15) is 12.8 Å². The lowest BCUT2D eigenvalue weighted by atomic mass is 9.89. The summed E-state index contributed by atoms with van der Waals surface area (Å²) in [5.74, 6) is -0.0677. The Bertz CT molecular complexity index is 355. The maximum Gasteiger partial charge on any atom is 0.179 e. The first-order valence-electron chi connectivity index (χ1n) is 5.83. The van der Waals surface area contributed by atoms with Crippen molar-refractivity contribution in [3.05, 3.63) is 11.8 Å². The van der Waals surface area contributed by atoms with Crippen LogP contribution in [0.3, 0.4) is 0 Å². The van der Waals surface area contributed by atoms with Gasteiger partial charge in [-0.15, -0.1) is 0 Å². The summed E-state index contributed by atoms with van der Waals surface area (Å²) >= 11 is 0. The van der Waals surface area contributed by atoms with Crippen molar-refractivity contribution in [3.8, 4) is 0 Å². The molecule has 1 saturated heterocycles. The maximum atomic E-state index is 12.2. The highest BCUT2D eigenvalue weighted by molar-refractivity contribution is 6.01. The minimum atomic E-state index is -0.564. The van der Waals surface area contributed by atoms with Crippen LogP contribution < -0.4 is 0 Å². The van der Waals surface area contributed by atoms with E-state index >= 15 is 0 Å². The molecule has 1 spiro atoms. The van der Waals surface area contributed by atoms with Gasteiger partial charge in [-0.25, -0.2) is 0 Å². The predicted octanol–water partition coefficient (Wildman–Crippen LogP) is 0.784. The van der Waals surface area contributed by atoms with Crippen LogP contribution in [0.15, 0.2) is 11.8 Å². The number of fused-ring (bicyclic) bond motifs is 3. The highest BCUT2D eigenvalue weighted by Crippen LogP contribution is 2.54.